The topological polar surface area (TPSA) is 52.6 Å². The first-order valence-electron chi connectivity index (χ1n) is 9.65. The number of nitrogens with zero attached hydrogens (tertiary/aromatic N) is 2. The number of Topliss-reactive ketones (excluding diaryl/α,β-unsaturated/α-hetero) is 2. The number of fused-ring (bicyclic) bond motifs is 1. The van der Waals surface area contributed by atoms with Gasteiger partial charge in [-0.15, -0.1) is 0 Å². The molecule has 1 heterocycles. The molecule has 1 fully saturated rings. The van der Waals surface area contributed by atoms with Gasteiger partial charge < -0.3 is 15.1 Å². The lowest BCUT2D eigenvalue weighted by Gasteiger charge is -2.37. The molecule has 2 aliphatic rings. The second kappa shape index (κ2) is 7.24. The van der Waals surface area contributed by atoms with Crippen LogP contribution in [0.15, 0.2) is 53.9 Å². The van der Waals surface area contributed by atoms with Crippen molar-refractivity contribution in [3.63, 3.8) is 0 Å². The monoisotopic (exact) mass is 375 g/mol. The van der Waals surface area contributed by atoms with Gasteiger partial charge in [-0.05, 0) is 44.2 Å². The Balaban J connectivity index is 1.81. The Morgan fingerprint density at radius 2 is 1.39 bits per heavy atom. The van der Waals surface area contributed by atoms with E-state index in [1.54, 1.807) is 18.2 Å². The largest absolute Gasteiger partial charge is 0.364 e. The van der Waals surface area contributed by atoms with Gasteiger partial charge in [0.2, 0.25) is 11.6 Å². The van der Waals surface area contributed by atoms with Gasteiger partial charge in [0.1, 0.15) is 11.4 Å². The summed E-state index contributed by atoms with van der Waals surface area (Å²) >= 11 is 0. The van der Waals surface area contributed by atoms with E-state index in [9.17, 15) is 9.59 Å². The number of allylic oxidation sites excluding steroid dienone is 2. The van der Waals surface area contributed by atoms with Crippen LogP contribution in [-0.2, 0) is 0 Å². The van der Waals surface area contributed by atoms with Gasteiger partial charge in [0.05, 0.1) is 0 Å². The summed E-state index contributed by atoms with van der Waals surface area (Å²) in [6, 6.07) is 13.2. The van der Waals surface area contributed by atoms with Crippen LogP contribution in [0.3, 0.4) is 0 Å². The lowest BCUT2D eigenvalue weighted by Crippen LogP contribution is -2.47. The van der Waals surface area contributed by atoms with Crippen LogP contribution in [-0.4, -0.2) is 54.6 Å². The van der Waals surface area contributed by atoms with E-state index in [1.165, 1.54) is 0 Å². The van der Waals surface area contributed by atoms with Gasteiger partial charge in [-0.3, -0.25) is 9.59 Å². The third-order valence-electron chi connectivity index (χ3n) is 5.41. The highest BCUT2D eigenvalue weighted by atomic mass is 16.1. The standard InChI is InChI=1S/C23H25N3O2/c1-15-12-16(2)14-17(13-15)24-20-21(26-10-8-25(3)9-11-26)23(28)19-7-5-4-6-18(19)22(20)27/h4-7,12-14,24H,8-11H2,1-3H3. The second-order valence-electron chi connectivity index (χ2n) is 7.72. The summed E-state index contributed by atoms with van der Waals surface area (Å²) in [5.41, 5.74) is 4.90. The summed E-state index contributed by atoms with van der Waals surface area (Å²) < 4.78 is 0. The first kappa shape index (κ1) is 18.4. The maximum atomic E-state index is 13.4. The average Bonchev–Trinajstić information content (AvgIpc) is 2.66. The molecule has 1 N–H and O–H groups in total. The van der Waals surface area contributed by atoms with Crippen molar-refractivity contribution < 1.29 is 9.59 Å². The Hall–Kier alpha value is -2.92. The molecule has 5 nitrogen and oxygen atoms in total. The number of carbonyl (C=O) groups is 2. The van der Waals surface area contributed by atoms with E-state index in [0.29, 0.717) is 22.5 Å². The zero-order chi connectivity index (χ0) is 19.8. The zero-order valence-corrected chi connectivity index (χ0v) is 16.6. The minimum atomic E-state index is -0.122. The quantitative estimate of drug-likeness (QED) is 0.893. The van der Waals surface area contributed by atoms with Gasteiger partial charge in [-0.25, -0.2) is 0 Å². The fraction of sp³-hybridized carbons (Fsp3) is 0.304. The summed E-state index contributed by atoms with van der Waals surface area (Å²) in [6.07, 6.45) is 0. The maximum absolute atomic E-state index is 13.4. The number of hydrogen-bond donors (Lipinski definition) is 1. The third kappa shape index (κ3) is 3.34. The lowest BCUT2D eigenvalue weighted by molar-refractivity contribution is 0.0917. The van der Waals surface area contributed by atoms with Crippen molar-refractivity contribution in [3.05, 3.63) is 76.1 Å². The number of aryl methyl sites for hydroxylation is 2. The van der Waals surface area contributed by atoms with Crippen LogP contribution in [0.2, 0.25) is 0 Å². The Labute approximate surface area is 165 Å². The zero-order valence-electron chi connectivity index (χ0n) is 16.6. The highest BCUT2D eigenvalue weighted by Gasteiger charge is 2.36. The fourth-order valence-corrected chi connectivity index (χ4v) is 4.00. The number of rotatable bonds is 3. The maximum Gasteiger partial charge on any atom is 0.212 e. The molecule has 1 aliphatic carbocycles. The molecular weight excluding hydrogens is 350 g/mol. The molecule has 0 amide bonds. The van der Waals surface area contributed by atoms with Crippen LogP contribution < -0.4 is 5.32 Å². The van der Waals surface area contributed by atoms with Crippen LogP contribution in [0.4, 0.5) is 5.69 Å². The predicted octanol–water partition coefficient (Wildman–Crippen LogP) is 3.25. The van der Waals surface area contributed by atoms with E-state index in [4.69, 9.17) is 0 Å². The molecule has 0 atom stereocenters. The van der Waals surface area contributed by atoms with Crippen molar-refractivity contribution in [2.75, 3.05) is 38.5 Å². The van der Waals surface area contributed by atoms with Crippen LogP contribution in [0, 0.1) is 13.8 Å². The number of piperazine rings is 1. The van der Waals surface area contributed by atoms with Crippen LogP contribution >= 0.6 is 0 Å². The molecule has 5 heteroatoms. The lowest BCUT2D eigenvalue weighted by atomic mass is 9.89. The molecule has 2 aromatic carbocycles. The van der Waals surface area contributed by atoms with E-state index in [2.05, 4.69) is 28.2 Å². The summed E-state index contributed by atoms with van der Waals surface area (Å²) in [5.74, 6) is -0.199. The number of anilines is 1. The highest BCUT2D eigenvalue weighted by Crippen LogP contribution is 2.30. The van der Waals surface area contributed by atoms with Crippen LogP contribution in [0.5, 0.6) is 0 Å². The summed E-state index contributed by atoms with van der Waals surface area (Å²) in [7, 11) is 2.07. The fourth-order valence-electron chi connectivity index (χ4n) is 4.00. The first-order valence-corrected chi connectivity index (χ1v) is 9.65. The molecule has 144 valence electrons. The number of carbonyl (C=O) groups excluding carboxylic acids is 2. The van der Waals surface area contributed by atoms with Crippen molar-refractivity contribution in [1.82, 2.24) is 9.80 Å². The van der Waals surface area contributed by atoms with E-state index in [-0.39, 0.29) is 11.6 Å². The van der Waals surface area contributed by atoms with Gasteiger partial charge in [0, 0.05) is 43.0 Å². The van der Waals surface area contributed by atoms with Crippen molar-refractivity contribution in [2.45, 2.75) is 13.8 Å². The van der Waals surface area contributed by atoms with Gasteiger partial charge in [0.15, 0.2) is 0 Å². The van der Waals surface area contributed by atoms with Crippen molar-refractivity contribution in [3.8, 4) is 0 Å². The van der Waals surface area contributed by atoms with Crippen molar-refractivity contribution in [1.29, 1.82) is 0 Å². The SMILES string of the molecule is Cc1cc(C)cc(NC2=C(N3CCN(C)CC3)C(=O)c3ccccc3C2=O)c1. The first-order chi connectivity index (χ1) is 13.4. The van der Waals surface area contributed by atoms with Gasteiger partial charge in [-0.1, -0.05) is 30.3 Å². The Morgan fingerprint density at radius 1 is 0.821 bits per heavy atom. The molecule has 0 saturated carbocycles. The molecule has 1 aliphatic heterocycles. The van der Waals surface area contributed by atoms with E-state index < -0.39 is 0 Å². The summed E-state index contributed by atoms with van der Waals surface area (Å²) in [5, 5.41) is 3.30. The van der Waals surface area contributed by atoms with Crippen LogP contribution in [0.25, 0.3) is 0 Å². The number of benzene rings is 2. The number of likely N-dealkylation sites (N-methyl/N-ethyl adjacent to an activating group) is 1. The Kier molecular flexibility index (Phi) is 4.77. The molecule has 4 rings (SSSR count). The van der Waals surface area contributed by atoms with E-state index in [0.717, 1.165) is 43.0 Å². The van der Waals surface area contributed by atoms with E-state index >= 15 is 0 Å². The third-order valence-corrected chi connectivity index (χ3v) is 5.41. The number of ketones is 2. The summed E-state index contributed by atoms with van der Waals surface area (Å²) in [4.78, 5) is 31.0. The smallest absolute Gasteiger partial charge is 0.212 e. The molecule has 0 aromatic heterocycles. The van der Waals surface area contributed by atoms with Gasteiger partial charge in [0.25, 0.3) is 0 Å². The molecular formula is C23H25N3O2. The predicted molar refractivity (Wildman–Crippen MR) is 111 cm³/mol. The minimum absolute atomic E-state index is 0.0772. The van der Waals surface area contributed by atoms with Crippen molar-refractivity contribution in [2.24, 2.45) is 0 Å². The van der Waals surface area contributed by atoms with Gasteiger partial charge >= 0.3 is 0 Å². The molecule has 0 radical (unpaired) electrons. The van der Waals surface area contributed by atoms with Gasteiger partial charge in [-0.2, -0.15) is 0 Å². The number of hydrogen-bond acceptors (Lipinski definition) is 5. The Bertz CT molecular complexity index is 965. The molecule has 0 unspecified atom stereocenters. The second-order valence-corrected chi connectivity index (χ2v) is 7.72. The molecule has 0 spiro atoms. The van der Waals surface area contributed by atoms with E-state index in [1.807, 2.05) is 32.0 Å². The molecule has 2 aromatic rings. The number of nitrogens with one attached hydrogen (secondary N) is 1. The highest BCUT2D eigenvalue weighted by molar-refractivity contribution is 6.27. The normalized spacial score (nSPS) is 17.8. The average molecular weight is 375 g/mol. The minimum Gasteiger partial charge on any atom is -0.364 e. The molecule has 1 saturated heterocycles. The van der Waals surface area contributed by atoms with Crippen LogP contribution in [0.1, 0.15) is 31.8 Å². The molecule has 0 bridgehead atoms. The van der Waals surface area contributed by atoms with Crippen molar-refractivity contribution >= 4 is 17.3 Å². The Morgan fingerprint density at radius 3 is 2.00 bits per heavy atom. The molecule has 28 heavy (non-hydrogen) atoms. The summed E-state index contributed by atoms with van der Waals surface area (Å²) in [6.45, 7) is 7.23.